The first-order chi connectivity index (χ1) is 11.1. The van der Waals surface area contributed by atoms with Gasteiger partial charge in [0.1, 0.15) is 12.4 Å². The van der Waals surface area contributed by atoms with E-state index in [0.29, 0.717) is 18.5 Å². The predicted octanol–water partition coefficient (Wildman–Crippen LogP) is 2.54. The van der Waals surface area contributed by atoms with Crippen molar-refractivity contribution in [1.29, 1.82) is 0 Å². The zero-order valence-corrected chi connectivity index (χ0v) is 15.1. The summed E-state index contributed by atoms with van der Waals surface area (Å²) in [6.45, 7) is 7.99. The largest absolute Gasteiger partial charge is 0.356 e. The van der Waals surface area contributed by atoms with Crippen LogP contribution in [0.1, 0.15) is 64.0 Å². The van der Waals surface area contributed by atoms with Crippen LogP contribution < -0.4 is 10.6 Å². The molecule has 0 bridgehead atoms. The molecule has 0 unspecified atom stereocenters. The Hall–Kier alpha value is -1.59. The smallest absolute Gasteiger partial charge is 0.191 e. The molecule has 1 saturated carbocycles. The summed E-state index contributed by atoms with van der Waals surface area (Å²) in [6, 6.07) is 0.559. The van der Waals surface area contributed by atoms with Crippen molar-refractivity contribution >= 4 is 5.96 Å². The Morgan fingerprint density at radius 2 is 1.96 bits per heavy atom. The highest BCUT2D eigenvalue weighted by Crippen LogP contribution is 2.17. The van der Waals surface area contributed by atoms with Crippen molar-refractivity contribution in [3.05, 3.63) is 11.6 Å². The normalized spacial score (nSPS) is 16.3. The minimum Gasteiger partial charge on any atom is -0.356 e. The fraction of sp³-hybridized carbons (Fsp3) is 0.824. The summed E-state index contributed by atoms with van der Waals surface area (Å²) in [6.07, 6.45) is 7.52. The SMILES string of the molecule is CCC(CC)CNC(=NCc1nnc(C)n1C)NC1CCCC1. The van der Waals surface area contributed by atoms with Gasteiger partial charge in [0, 0.05) is 19.6 Å². The Morgan fingerprint density at radius 1 is 1.26 bits per heavy atom. The van der Waals surface area contributed by atoms with Gasteiger partial charge in [-0.05, 0) is 25.7 Å². The summed E-state index contributed by atoms with van der Waals surface area (Å²) in [4.78, 5) is 4.74. The highest BCUT2D eigenvalue weighted by Gasteiger charge is 2.17. The first-order valence-electron chi connectivity index (χ1n) is 9.03. The van der Waals surface area contributed by atoms with Crippen LogP contribution >= 0.6 is 0 Å². The second kappa shape index (κ2) is 8.89. The average Bonchev–Trinajstić information content (AvgIpc) is 3.17. The Balaban J connectivity index is 1.98. The molecule has 1 fully saturated rings. The zero-order valence-electron chi connectivity index (χ0n) is 15.1. The molecule has 23 heavy (non-hydrogen) atoms. The van der Waals surface area contributed by atoms with Crippen LogP contribution in [0.25, 0.3) is 0 Å². The summed E-state index contributed by atoms with van der Waals surface area (Å²) < 4.78 is 2.00. The molecule has 2 rings (SSSR count). The molecular formula is C17H32N6. The molecule has 0 atom stereocenters. The Labute approximate surface area is 140 Å². The van der Waals surface area contributed by atoms with E-state index in [2.05, 4.69) is 34.7 Å². The molecule has 1 heterocycles. The van der Waals surface area contributed by atoms with Crippen molar-refractivity contribution in [3.63, 3.8) is 0 Å². The molecule has 0 aromatic carbocycles. The number of hydrogen-bond donors (Lipinski definition) is 2. The highest BCUT2D eigenvalue weighted by atomic mass is 15.3. The monoisotopic (exact) mass is 320 g/mol. The van der Waals surface area contributed by atoms with E-state index < -0.39 is 0 Å². The minimum atomic E-state index is 0.558. The number of hydrogen-bond acceptors (Lipinski definition) is 3. The lowest BCUT2D eigenvalue weighted by Crippen LogP contribution is -2.44. The zero-order chi connectivity index (χ0) is 16.7. The molecule has 0 amide bonds. The van der Waals surface area contributed by atoms with E-state index in [0.717, 1.165) is 24.2 Å². The number of guanidine groups is 1. The quantitative estimate of drug-likeness (QED) is 0.598. The van der Waals surface area contributed by atoms with E-state index in [1.165, 1.54) is 38.5 Å². The average molecular weight is 320 g/mol. The standard InChI is InChI=1S/C17H32N6/c1-5-14(6-2)11-18-17(20-15-9-7-8-10-15)19-12-16-22-21-13(3)23(16)4/h14-15H,5-12H2,1-4H3,(H2,18,19,20). The Kier molecular flexibility index (Phi) is 6.86. The molecule has 6 nitrogen and oxygen atoms in total. The molecule has 0 saturated heterocycles. The van der Waals surface area contributed by atoms with Crippen LogP contribution in [0.2, 0.25) is 0 Å². The third kappa shape index (κ3) is 5.22. The van der Waals surface area contributed by atoms with Gasteiger partial charge in [0.05, 0.1) is 0 Å². The molecule has 130 valence electrons. The van der Waals surface area contributed by atoms with Crippen LogP contribution in [-0.2, 0) is 13.6 Å². The Morgan fingerprint density at radius 3 is 2.52 bits per heavy atom. The maximum Gasteiger partial charge on any atom is 0.191 e. The topological polar surface area (TPSA) is 67.1 Å². The Bertz CT molecular complexity index is 497. The maximum absolute atomic E-state index is 4.74. The molecule has 2 N–H and O–H groups in total. The van der Waals surface area contributed by atoms with Gasteiger partial charge in [-0.3, -0.25) is 0 Å². The van der Waals surface area contributed by atoms with Gasteiger partial charge in [0.2, 0.25) is 0 Å². The number of nitrogens with zero attached hydrogens (tertiary/aromatic N) is 4. The molecule has 1 aromatic rings. The van der Waals surface area contributed by atoms with E-state index in [1.54, 1.807) is 0 Å². The van der Waals surface area contributed by atoms with E-state index in [4.69, 9.17) is 4.99 Å². The summed E-state index contributed by atoms with van der Waals surface area (Å²) in [5.41, 5.74) is 0. The minimum absolute atomic E-state index is 0.558. The van der Waals surface area contributed by atoms with Gasteiger partial charge in [-0.15, -0.1) is 10.2 Å². The van der Waals surface area contributed by atoms with Crippen LogP contribution in [0.4, 0.5) is 0 Å². The molecule has 0 radical (unpaired) electrons. The number of nitrogens with one attached hydrogen (secondary N) is 2. The number of aryl methyl sites for hydroxylation is 1. The van der Waals surface area contributed by atoms with Crippen molar-refractivity contribution in [2.24, 2.45) is 18.0 Å². The second-order valence-corrected chi connectivity index (χ2v) is 6.58. The molecule has 1 aromatic heterocycles. The van der Waals surface area contributed by atoms with E-state index in [1.807, 2.05) is 18.5 Å². The van der Waals surface area contributed by atoms with Gasteiger partial charge in [-0.25, -0.2) is 4.99 Å². The fourth-order valence-electron chi connectivity index (χ4n) is 2.97. The summed E-state index contributed by atoms with van der Waals surface area (Å²) >= 11 is 0. The van der Waals surface area contributed by atoms with Gasteiger partial charge >= 0.3 is 0 Å². The van der Waals surface area contributed by atoms with Crippen LogP contribution in [0.3, 0.4) is 0 Å². The van der Waals surface area contributed by atoms with Gasteiger partial charge in [-0.1, -0.05) is 39.5 Å². The molecule has 1 aliphatic carbocycles. The van der Waals surface area contributed by atoms with Crippen LogP contribution in [0, 0.1) is 12.8 Å². The summed E-state index contributed by atoms with van der Waals surface area (Å²) in [5, 5.41) is 15.4. The van der Waals surface area contributed by atoms with Crippen LogP contribution in [0.15, 0.2) is 4.99 Å². The first kappa shape index (κ1) is 17.8. The lowest BCUT2D eigenvalue weighted by molar-refractivity contribution is 0.477. The second-order valence-electron chi connectivity index (χ2n) is 6.58. The predicted molar refractivity (Wildman–Crippen MR) is 94.3 cm³/mol. The van der Waals surface area contributed by atoms with E-state index in [-0.39, 0.29) is 0 Å². The van der Waals surface area contributed by atoms with Crippen LogP contribution in [0.5, 0.6) is 0 Å². The van der Waals surface area contributed by atoms with Crippen molar-refractivity contribution < 1.29 is 0 Å². The maximum atomic E-state index is 4.74. The lowest BCUT2D eigenvalue weighted by atomic mass is 10.0. The first-order valence-corrected chi connectivity index (χ1v) is 9.03. The number of rotatable bonds is 7. The third-order valence-electron chi connectivity index (χ3n) is 4.97. The molecular weight excluding hydrogens is 288 g/mol. The third-order valence-corrected chi connectivity index (χ3v) is 4.97. The van der Waals surface area contributed by atoms with Crippen LogP contribution in [-0.4, -0.2) is 33.3 Å². The van der Waals surface area contributed by atoms with Crippen molar-refractivity contribution in [3.8, 4) is 0 Å². The lowest BCUT2D eigenvalue weighted by Gasteiger charge is -2.20. The van der Waals surface area contributed by atoms with Gasteiger partial charge < -0.3 is 15.2 Å². The van der Waals surface area contributed by atoms with Gasteiger partial charge in [-0.2, -0.15) is 0 Å². The van der Waals surface area contributed by atoms with Gasteiger partial charge in [0.15, 0.2) is 11.8 Å². The highest BCUT2D eigenvalue weighted by molar-refractivity contribution is 5.80. The van der Waals surface area contributed by atoms with E-state index >= 15 is 0 Å². The number of aliphatic imine (C=N–C) groups is 1. The van der Waals surface area contributed by atoms with Crippen molar-refractivity contribution in [1.82, 2.24) is 25.4 Å². The molecule has 1 aliphatic rings. The molecule has 6 heteroatoms. The molecule has 0 spiro atoms. The van der Waals surface area contributed by atoms with Crippen molar-refractivity contribution in [2.75, 3.05) is 6.54 Å². The summed E-state index contributed by atoms with van der Waals surface area (Å²) in [5.74, 6) is 3.44. The van der Waals surface area contributed by atoms with Gasteiger partial charge in [0.25, 0.3) is 0 Å². The summed E-state index contributed by atoms with van der Waals surface area (Å²) in [7, 11) is 1.99. The number of aromatic nitrogens is 3. The fourth-order valence-corrected chi connectivity index (χ4v) is 2.97. The van der Waals surface area contributed by atoms with E-state index in [9.17, 15) is 0 Å². The molecule has 0 aliphatic heterocycles. The van der Waals surface area contributed by atoms with Crippen molar-refractivity contribution in [2.45, 2.75) is 71.9 Å².